The molecule has 0 aromatic carbocycles. The summed E-state index contributed by atoms with van der Waals surface area (Å²) in [6, 6.07) is -0.355. The number of carboxylic acids is 1. The number of likely N-dealkylation sites (N-methyl/N-ethyl adjacent to an activating group) is 1. The summed E-state index contributed by atoms with van der Waals surface area (Å²) in [7, 11) is 1.72. The Morgan fingerprint density at radius 2 is 2.00 bits per heavy atom. The van der Waals surface area contributed by atoms with E-state index in [4.69, 9.17) is 5.11 Å². The Balaban J connectivity index is 2.03. The van der Waals surface area contributed by atoms with E-state index >= 15 is 0 Å². The van der Waals surface area contributed by atoms with Gasteiger partial charge in [0.1, 0.15) is 6.04 Å². The van der Waals surface area contributed by atoms with Crippen LogP contribution in [-0.2, 0) is 4.79 Å². The van der Waals surface area contributed by atoms with Gasteiger partial charge in [0.15, 0.2) is 0 Å². The summed E-state index contributed by atoms with van der Waals surface area (Å²) in [5.41, 5.74) is 0. The van der Waals surface area contributed by atoms with Crippen molar-refractivity contribution in [1.82, 2.24) is 5.32 Å². The number of hydrogen-bond donors (Lipinski definition) is 2. The average molecular weight is 227 g/mol. The highest BCUT2D eigenvalue weighted by Crippen LogP contribution is 2.27. The number of aliphatic carboxylic acids is 1. The summed E-state index contributed by atoms with van der Waals surface area (Å²) < 4.78 is 0. The number of rotatable bonds is 7. The van der Waals surface area contributed by atoms with Gasteiger partial charge in [-0.3, -0.25) is 4.79 Å². The third-order valence-corrected chi connectivity index (χ3v) is 3.73. The van der Waals surface area contributed by atoms with Crippen molar-refractivity contribution in [3.63, 3.8) is 0 Å². The van der Waals surface area contributed by atoms with Crippen LogP contribution in [0.2, 0.25) is 0 Å². The molecular weight excluding hydrogens is 202 g/mol. The maximum atomic E-state index is 10.8. The lowest BCUT2D eigenvalue weighted by Gasteiger charge is -2.21. The van der Waals surface area contributed by atoms with Crippen molar-refractivity contribution in [2.75, 3.05) is 7.05 Å². The van der Waals surface area contributed by atoms with Gasteiger partial charge in [0, 0.05) is 0 Å². The fourth-order valence-corrected chi connectivity index (χ4v) is 2.65. The highest BCUT2D eigenvalue weighted by atomic mass is 16.4. The summed E-state index contributed by atoms with van der Waals surface area (Å²) in [5.74, 6) is 0.201. The average Bonchev–Trinajstić information content (AvgIpc) is 2.30. The minimum atomic E-state index is -0.722. The van der Waals surface area contributed by atoms with E-state index in [0.717, 1.165) is 18.8 Å². The quantitative estimate of drug-likeness (QED) is 0.657. The number of carboxylic acid groups (broad SMARTS) is 1. The van der Waals surface area contributed by atoms with Gasteiger partial charge in [-0.15, -0.1) is 0 Å². The van der Waals surface area contributed by atoms with E-state index in [9.17, 15) is 4.79 Å². The number of carbonyl (C=O) groups is 1. The number of unbranched alkanes of at least 4 members (excludes halogenated alkanes) is 1. The van der Waals surface area contributed by atoms with Crippen molar-refractivity contribution in [3.05, 3.63) is 0 Å². The van der Waals surface area contributed by atoms with Gasteiger partial charge in [-0.25, -0.2) is 0 Å². The highest BCUT2D eigenvalue weighted by molar-refractivity contribution is 5.73. The van der Waals surface area contributed by atoms with Gasteiger partial charge < -0.3 is 10.4 Å². The third-order valence-electron chi connectivity index (χ3n) is 3.73. The number of nitrogens with one attached hydrogen (secondary N) is 1. The molecule has 0 aromatic rings. The summed E-state index contributed by atoms with van der Waals surface area (Å²) in [6.07, 6.45) is 11.3. The molecule has 3 nitrogen and oxygen atoms in total. The van der Waals surface area contributed by atoms with E-state index in [-0.39, 0.29) is 6.04 Å². The molecule has 0 bridgehead atoms. The van der Waals surface area contributed by atoms with Crippen LogP contribution in [-0.4, -0.2) is 24.2 Å². The molecule has 2 N–H and O–H groups in total. The third kappa shape index (κ3) is 4.97. The summed E-state index contributed by atoms with van der Waals surface area (Å²) in [5, 5.41) is 11.7. The van der Waals surface area contributed by atoms with E-state index in [1.807, 2.05) is 0 Å². The first kappa shape index (κ1) is 13.5. The SMILES string of the molecule is CNC(CCCCC1CCCCC1)C(=O)O. The van der Waals surface area contributed by atoms with Crippen molar-refractivity contribution >= 4 is 5.97 Å². The van der Waals surface area contributed by atoms with Crippen molar-refractivity contribution in [2.45, 2.75) is 63.8 Å². The minimum absolute atomic E-state index is 0.355. The topological polar surface area (TPSA) is 49.3 Å². The normalized spacial score (nSPS) is 19.6. The molecule has 0 saturated heterocycles. The largest absolute Gasteiger partial charge is 0.480 e. The molecule has 0 heterocycles. The smallest absolute Gasteiger partial charge is 0.320 e. The zero-order chi connectivity index (χ0) is 11.8. The standard InChI is InChI=1S/C13H25NO2/c1-14-12(13(15)16)10-6-5-9-11-7-3-2-4-8-11/h11-12,14H,2-10H2,1H3,(H,15,16). The highest BCUT2D eigenvalue weighted by Gasteiger charge is 2.15. The fourth-order valence-electron chi connectivity index (χ4n) is 2.65. The van der Waals surface area contributed by atoms with Gasteiger partial charge in [0.2, 0.25) is 0 Å². The summed E-state index contributed by atoms with van der Waals surface area (Å²) in [6.45, 7) is 0. The van der Waals surface area contributed by atoms with Gasteiger partial charge in [-0.1, -0.05) is 51.4 Å². The van der Waals surface area contributed by atoms with E-state index in [1.54, 1.807) is 7.05 Å². The van der Waals surface area contributed by atoms with Crippen molar-refractivity contribution in [3.8, 4) is 0 Å². The maximum absolute atomic E-state index is 10.8. The second-order valence-corrected chi connectivity index (χ2v) is 4.97. The van der Waals surface area contributed by atoms with Crippen LogP contribution in [0, 0.1) is 5.92 Å². The molecule has 1 rings (SSSR count). The lowest BCUT2D eigenvalue weighted by molar-refractivity contribution is -0.139. The zero-order valence-electron chi connectivity index (χ0n) is 10.4. The number of hydrogen-bond acceptors (Lipinski definition) is 2. The predicted octanol–water partition coefficient (Wildman–Crippen LogP) is 2.80. The van der Waals surface area contributed by atoms with Gasteiger partial charge in [-0.05, 0) is 19.4 Å². The van der Waals surface area contributed by atoms with Gasteiger partial charge in [0.05, 0.1) is 0 Å². The second-order valence-electron chi connectivity index (χ2n) is 4.97. The van der Waals surface area contributed by atoms with Crippen LogP contribution in [0.1, 0.15) is 57.8 Å². The molecule has 1 unspecified atom stereocenters. The molecule has 0 aromatic heterocycles. The van der Waals surface area contributed by atoms with E-state index in [1.165, 1.54) is 44.9 Å². The van der Waals surface area contributed by atoms with Gasteiger partial charge in [0.25, 0.3) is 0 Å². The maximum Gasteiger partial charge on any atom is 0.320 e. The van der Waals surface area contributed by atoms with E-state index < -0.39 is 5.97 Å². The lowest BCUT2D eigenvalue weighted by Crippen LogP contribution is -2.33. The van der Waals surface area contributed by atoms with Crippen LogP contribution in [0.4, 0.5) is 0 Å². The Labute approximate surface area is 98.6 Å². The predicted molar refractivity (Wildman–Crippen MR) is 65.5 cm³/mol. The van der Waals surface area contributed by atoms with Crippen LogP contribution in [0.3, 0.4) is 0 Å². The van der Waals surface area contributed by atoms with Crippen molar-refractivity contribution in [2.24, 2.45) is 5.92 Å². The zero-order valence-corrected chi connectivity index (χ0v) is 10.4. The molecule has 0 aliphatic heterocycles. The molecule has 3 heteroatoms. The molecule has 1 aliphatic carbocycles. The Kier molecular flexibility index (Phi) is 6.46. The summed E-state index contributed by atoms with van der Waals surface area (Å²) >= 11 is 0. The first-order valence-corrected chi connectivity index (χ1v) is 6.64. The molecular formula is C13H25NO2. The fraction of sp³-hybridized carbons (Fsp3) is 0.923. The van der Waals surface area contributed by atoms with Crippen molar-refractivity contribution in [1.29, 1.82) is 0 Å². The first-order chi connectivity index (χ1) is 7.74. The molecule has 0 radical (unpaired) electrons. The molecule has 0 spiro atoms. The van der Waals surface area contributed by atoms with Crippen LogP contribution in [0.15, 0.2) is 0 Å². The second kappa shape index (κ2) is 7.66. The van der Waals surface area contributed by atoms with Crippen LogP contribution < -0.4 is 5.32 Å². The molecule has 94 valence electrons. The molecule has 1 aliphatic rings. The molecule has 16 heavy (non-hydrogen) atoms. The monoisotopic (exact) mass is 227 g/mol. The van der Waals surface area contributed by atoms with Crippen LogP contribution in [0.5, 0.6) is 0 Å². The molecule has 0 amide bonds. The molecule has 1 atom stereocenters. The molecule has 1 fully saturated rings. The Hall–Kier alpha value is -0.570. The minimum Gasteiger partial charge on any atom is -0.480 e. The van der Waals surface area contributed by atoms with Crippen LogP contribution in [0.25, 0.3) is 0 Å². The first-order valence-electron chi connectivity index (χ1n) is 6.64. The molecule has 1 saturated carbocycles. The van der Waals surface area contributed by atoms with Gasteiger partial charge in [-0.2, -0.15) is 0 Å². The lowest BCUT2D eigenvalue weighted by atomic mass is 9.85. The Morgan fingerprint density at radius 3 is 2.56 bits per heavy atom. The summed E-state index contributed by atoms with van der Waals surface area (Å²) in [4.78, 5) is 10.8. The van der Waals surface area contributed by atoms with Crippen LogP contribution >= 0.6 is 0 Å². The van der Waals surface area contributed by atoms with Crippen molar-refractivity contribution < 1.29 is 9.90 Å². The van der Waals surface area contributed by atoms with Gasteiger partial charge >= 0.3 is 5.97 Å². The van der Waals surface area contributed by atoms with E-state index in [2.05, 4.69) is 5.32 Å². The Morgan fingerprint density at radius 1 is 1.31 bits per heavy atom. The Bertz CT molecular complexity index is 200. The van der Waals surface area contributed by atoms with E-state index in [0.29, 0.717) is 0 Å².